The standard InChI is InChI=1S/C20H25NO/c1-4-8-16(2)20(22)21(3)15-17-11-13-19(14-12-17)18-9-6-5-7-10-18/h5-7,9-14,16H,4,8,15H2,1-3H3. The van der Waals surface area contributed by atoms with Gasteiger partial charge >= 0.3 is 0 Å². The number of hydrogen-bond donors (Lipinski definition) is 0. The molecule has 2 aromatic rings. The summed E-state index contributed by atoms with van der Waals surface area (Å²) in [5.74, 6) is 0.340. The molecule has 0 aliphatic rings. The average molecular weight is 295 g/mol. The topological polar surface area (TPSA) is 20.3 Å². The number of amides is 1. The highest BCUT2D eigenvalue weighted by Crippen LogP contribution is 2.20. The molecule has 1 amide bonds. The van der Waals surface area contributed by atoms with Crippen LogP contribution in [0.25, 0.3) is 11.1 Å². The Labute approximate surface area is 133 Å². The fraction of sp³-hybridized carbons (Fsp3) is 0.350. The van der Waals surface area contributed by atoms with Gasteiger partial charge in [0.25, 0.3) is 0 Å². The molecule has 0 aliphatic heterocycles. The molecule has 0 aromatic heterocycles. The predicted molar refractivity (Wildman–Crippen MR) is 92.4 cm³/mol. The van der Waals surface area contributed by atoms with E-state index in [2.05, 4.69) is 43.3 Å². The van der Waals surface area contributed by atoms with Crippen molar-refractivity contribution in [3.63, 3.8) is 0 Å². The molecule has 0 radical (unpaired) electrons. The largest absolute Gasteiger partial charge is 0.341 e. The predicted octanol–water partition coefficient (Wildman–Crippen LogP) is 4.75. The maximum atomic E-state index is 12.3. The minimum atomic E-state index is 0.110. The molecular formula is C20H25NO. The highest BCUT2D eigenvalue weighted by Gasteiger charge is 2.16. The number of hydrogen-bond acceptors (Lipinski definition) is 1. The van der Waals surface area contributed by atoms with Crippen molar-refractivity contribution in [2.75, 3.05) is 7.05 Å². The highest BCUT2D eigenvalue weighted by molar-refractivity contribution is 5.78. The van der Waals surface area contributed by atoms with Crippen molar-refractivity contribution in [3.8, 4) is 11.1 Å². The third-order valence-corrected chi connectivity index (χ3v) is 4.00. The first-order chi connectivity index (χ1) is 10.6. The van der Waals surface area contributed by atoms with Crippen molar-refractivity contribution in [2.24, 2.45) is 5.92 Å². The molecule has 2 aromatic carbocycles. The first-order valence-corrected chi connectivity index (χ1v) is 8.01. The molecule has 0 saturated carbocycles. The molecule has 1 unspecified atom stereocenters. The Kier molecular flexibility index (Phi) is 5.76. The van der Waals surface area contributed by atoms with E-state index in [0.29, 0.717) is 6.54 Å². The molecule has 2 nitrogen and oxygen atoms in total. The van der Waals surface area contributed by atoms with Crippen LogP contribution in [0, 0.1) is 5.92 Å². The van der Waals surface area contributed by atoms with E-state index in [4.69, 9.17) is 0 Å². The Hall–Kier alpha value is -2.09. The van der Waals surface area contributed by atoms with Crippen LogP contribution in [-0.2, 0) is 11.3 Å². The van der Waals surface area contributed by atoms with Gasteiger partial charge in [0.2, 0.25) is 5.91 Å². The molecule has 116 valence electrons. The molecule has 0 N–H and O–H groups in total. The van der Waals surface area contributed by atoms with Gasteiger partial charge in [0, 0.05) is 19.5 Å². The summed E-state index contributed by atoms with van der Waals surface area (Å²) >= 11 is 0. The van der Waals surface area contributed by atoms with E-state index in [9.17, 15) is 4.79 Å². The minimum Gasteiger partial charge on any atom is -0.341 e. The fourth-order valence-corrected chi connectivity index (χ4v) is 2.72. The maximum Gasteiger partial charge on any atom is 0.225 e. The molecule has 0 fully saturated rings. The summed E-state index contributed by atoms with van der Waals surface area (Å²) in [6.07, 6.45) is 2.00. The van der Waals surface area contributed by atoms with E-state index in [1.807, 2.05) is 37.1 Å². The number of benzene rings is 2. The summed E-state index contributed by atoms with van der Waals surface area (Å²) < 4.78 is 0. The van der Waals surface area contributed by atoms with Crippen molar-refractivity contribution in [2.45, 2.75) is 33.2 Å². The van der Waals surface area contributed by atoms with Gasteiger partial charge in [-0.05, 0) is 23.1 Å². The molecule has 2 heteroatoms. The number of nitrogens with zero attached hydrogens (tertiary/aromatic N) is 1. The number of rotatable bonds is 6. The van der Waals surface area contributed by atoms with Crippen molar-refractivity contribution < 1.29 is 4.79 Å². The normalized spacial score (nSPS) is 12.0. The van der Waals surface area contributed by atoms with Crippen LogP contribution < -0.4 is 0 Å². The molecule has 0 saturated heterocycles. The van der Waals surface area contributed by atoms with Crippen LogP contribution in [-0.4, -0.2) is 17.9 Å². The monoisotopic (exact) mass is 295 g/mol. The van der Waals surface area contributed by atoms with Crippen molar-refractivity contribution in [3.05, 3.63) is 60.2 Å². The van der Waals surface area contributed by atoms with Gasteiger partial charge in [-0.2, -0.15) is 0 Å². The van der Waals surface area contributed by atoms with Crippen molar-refractivity contribution in [1.82, 2.24) is 4.90 Å². The fourth-order valence-electron chi connectivity index (χ4n) is 2.72. The molecule has 22 heavy (non-hydrogen) atoms. The SMILES string of the molecule is CCCC(C)C(=O)N(C)Cc1ccc(-c2ccccc2)cc1. The molecular weight excluding hydrogens is 270 g/mol. The zero-order chi connectivity index (χ0) is 15.9. The minimum absolute atomic E-state index is 0.110. The Morgan fingerprint density at radius 3 is 2.18 bits per heavy atom. The molecule has 0 spiro atoms. The number of carbonyl (C=O) groups excluding carboxylic acids is 1. The van der Waals surface area contributed by atoms with Gasteiger partial charge in [-0.25, -0.2) is 0 Å². The Bertz CT molecular complexity index is 589. The van der Waals surface area contributed by atoms with Gasteiger partial charge in [0.1, 0.15) is 0 Å². The Balaban J connectivity index is 2.01. The average Bonchev–Trinajstić information content (AvgIpc) is 2.56. The van der Waals surface area contributed by atoms with Crippen LogP contribution in [0.2, 0.25) is 0 Å². The lowest BCUT2D eigenvalue weighted by atomic mass is 10.0. The van der Waals surface area contributed by atoms with E-state index in [0.717, 1.165) is 12.8 Å². The van der Waals surface area contributed by atoms with Gasteiger partial charge < -0.3 is 4.90 Å². The second kappa shape index (κ2) is 7.79. The summed E-state index contributed by atoms with van der Waals surface area (Å²) in [5, 5.41) is 0. The van der Waals surface area contributed by atoms with Crippen LogP contribution >= 0.6 is 0 Å². The molecule has 0 aliphatic carbocycles. The third kappa shape index (κ3) is 4.20. The quantitative estimate of drug-likeness (QED) is 0.753. The van der Waals surface area contributed by atoms with Crippen LogP contribution in [0.15, 0.2) is 54.6 Å². The highest BCUT2D eigenvalue weighted by atomic mass is 16.2. The zero-order valence-corrected chi connectivity index (χ0v) is 13.8. The lowest BCUT2D eigenvalue weighted by Gasteiger charge is -2.21. The van der Waals surface area contributed by atoms with Gasteiger partial charge in [-0.15, -0.1) is 0 Å². The van der Waals surface area contributed by atoms with Gasteiger partial charge in [-0.3, -0.25) is 4.79 Å². The van der Waals surface area contributed by atoms with Crippen LogP contribution in [0.1, 0.15) is 32.3 Å². The Morgan fingerprint density at radius 1 is 1.00 bits per heavy atom. The van der Waals surface area contributed by atoms with Gasteiger partial charge in [-0.1, -0.05) is 74.9 Å². The van der Waals surface area contributed by atoms with Crippen molar-refractivity contribution in [1.29, 1.82) is 0 Å². The lowest BCUT2D eigenvalue weighted by Crippen LogP contribution is -2.31. The second-order valence-electron chi connectivity index (χ2n) is 5.95. The third-order valence-electron chi connectivity index (χ3n) is 4.00. The second-order valence-corrected chi connectivity index (χ2v) is 5.95. The van der Waals surface area contributed by atoms with Crippen LogP contribution in [0.3, 0.4) is 0 Å². The van der Waals surface area contributed by atoms with Crippen molar-refractivity contribution >= 4 is 5.91 Å². The number of carbonyl (C=O) groups is 1. The molecule has 0 bridgehead atoms. The lowest BCUT2D eigenvalue weighted by molar-refractivity contribution is -0.134. The van der Waals surface area contributed by atoms with E-state index >= 15 is 0 Å². The van der Waals surface area contributed by atoms with E-state index in [1.54, 1.807) is 0 Å². The first-order valence-electron chi connectivity index (χ1n) is 8.01. The van der Waals surface area contributed by atoms with Crippen LogP contribution in [0.5, 0.6) is 0 Å². The summed E-state index contributed by atoms with van der Waals surface area (Å²) in [7, 11) is 1.89. The van der Waals surface area contributed by atoms with Crippen LogP contribution in [0.4, 0.5) is 0 Å². The maximum absolute atomic E-state index is 12.3. The summed E-state index contributed by atoms with van der Waals surface area (Å²) in [6, 6.07) is 18.8. The summed E-state index contributed by atoms with van der Waals surface area (Å²) in [4.78, 5) is 14.1. The van der Waals surface area contributed by atoms with E-state index in [-0.39, 0.29) is 11.8 Å². The van der Waals surface area contributed by atoms with Gasteiger partial charge in [0.05, 0.1) is 0 Å². The molecule has 0 heterocycles. The van der Waals surface area contributed by atoms with E-state index in [1.165, 1.54) is 16.7 Å². The zero-order valence-electron chi connectivity index (χ0n) is 13.8. The summed E-state index contributed by atoms with van der Waals surface area (Å²) in [6.45, 7) is 4.80. The van der Waals surface area contributed by atoms with Gasteiger partial charge in [0.15, 0.2) is 0 Å². The van der Waals surface area contributed by atoms with E-state index < -0.39 is 0 Å². The smallest absolute Gasteiger partial charge is 0.225 e. The molecule has 2 rings (SSSR count). The molecule has 1 atom stereocenters. The Morgan fingerprint density at radius 2 is 1.59 bits per heavy atom. The first kappa shape index (κ1) is 16.3. The summed E-state index contributed by atoms with van der Waals surface area (Å²) in [5.41, 5.74) is 3.59.